The maximum atomic E-state index is 2.38. The number of benzene rings is 4. The molecule has 2 heteroatoms. The van der Waals surface area contributed by atoms with Crippen molar-refractivity contribution >= 4 is 45.8 Å². The van der Waals surface area contributed by atoms with Crippen LogP contribution in [0.25, 0.3) is 0 Å². The van der Waals surface area contributed by atoms with E-state index < -0.39 is 7.26 Å². The summed E-state index contributed by atoms with van der Waals surface area (Å²) in [5, 5.41) is 4.38. The van der Waals surface area contributed by atoms with Gasteiger partial charge in [-0.05, 0) is 0 Å². The Morgan fingerprint density at radius 1 is 0.481 bits per heavy atom. The Morgan fingerprint density at radius 3 is 1.22 bits per heavy atom. The monoisotopic (exact) mass is 480 g/mol. The average molecular weight is 480 g/mol. The first kappa shape index (κ1) is 18.4. The number of halogens is 1. The van der Waals surface area contributed by atoms with Gasteiger partial charge in [0.1, 0.15) is 0 Å². The van der Waals surface area contributed by atoms with E-state index in [-0.39, 0.29) is 0 Å². The fourth-order valence-corrected chi connectivity index (χ4v) is 8.99. The summed E-state index contributed by atoms with van der Waals surface area (Å²) < 4.78 is 1.28. The molecule has 4 aromatic rings. The molecule has 0 aromatic heterocycles. The first-order valence-electron chi connectivity index (χ1n) is 9.20. The topological polar surface area (TPSA) is 0 Å². The first-order chi connectivity index (χ1) is 13.3. The quantitative estimate of drug-likeness (QED) is 0.261. The Hall–Kier alpha value is -1.96. The predicted octanol–water partition coefficient (Wildman–Crippen LogP) is 5.52. The zero-order chi connectivity index (χ0) is 18.5. The van der Waals surface area contributed by atoms with Gasteiger partial charge >= 0.3 is 176 Å². The number of hydrogen-bond acceptors (Lipinski definition) is 0. The second-order valence-electron chi connectivity index (χ2n) is 6.81. The van der Waals surface area contributed by atoms with Gasteiger partial charge in [-0.25, -0.2) is 0 Å². The summed E-state index contributed by atoms with van der Waals surface area (Å²) in [6.45, 7) is 0. The average Bonchev–Trinajstić information content (AvgIpc) is 2.75. The number of rotatable bonds is 5. The third kappa shape index (κ3) is 3.85. The van der Waals surface area contributed by atoms with Crippen molar-refractivity contribution in [2.45, 2.75) is 6.16 Å². The molecule has 0 unspecified atom stereocenters. The molecule has 134 valence electrons. The van der Waals surface area contributed by atoms with Crippen LogP contribution in [0.1, 0.15) is 5.56 Å². The molecule has 0 spiro atoms. The van der Waals surface area contributed by atoms with Crippen molar-refractivity contribution < 1.29 is 0 Å². The van der Waals surface area contributed by atoms with Crippen molar-refractivity contribution in [3.8, 4) is 0 Å². The van der Waals surface area contributed by atoms with E-state index in [0.717, 1.165) is 6.16 Å². The fraction of sp³-hybridized carbons (Fsp3) is 0.0400. The third-order valence-corrected chi connectivity index (χ3v) is 10.8. The molecule has 0 aliphatic rings. The molecular weight excluding hydrogens is 458 g/mol. The van der Waals surface area contributed by atoms with Gasteiger partial charge < -0.3 is 0 Å². The van der Waals surface area contributed by atoms with E-state index in [1.807, 2.05) is 0 Å². The van der Waals surface area contributed by atoms with Crippen LogP contribution in [0.4, 0.5) is 0 Å². The molecule has 4 aromatic carbocycles. The summed E-state index contributed by atoms with van der Waals surface area (Å²) in [5.74, 6) is 0. The molecule has 0 fully saturated rings. The van der Waals surface area contributed by atoms with Crippen LogP contribution in [-0.4, -0.2) is 0 Å². The van der Waals surface area contributed by atoms with Crippen LogP contribution in [0.2, 0.25) is 0 Å². The summed E-state index contributed by atoms with van der Waals surface area (Å²) in [6.07, 6.45) is 1.06. The van der Waals surface area contributed by atoms with Crippen molar-refractivity contribution in [2.24, 2.45) is 0 Å². The fourth-order valence-electron chi connectivity index (χ4n) is 3.88. The number of hydrogen-bond donors (Lipinski definition) is 0. The summed E-state index contributed by atoms with van der Waals surface area (Å²) in [7, 11) is -2.18. The van der Waals surface area contributed by atoms with Crippen LogP contribution < -0.4 is 15.9 Å². The van der Waals surface area contributed by atoms with E-state index in [0.29, 0.717) is 0 Å². The molecule has 0 saturated heterocycles. The molecule has 27 heavy (non-hydrogen) atoms. The van der Waals surface area contributed by atoms with E-state index in [1.165, 1.54) is 25.0 Å². The van der Waals surface area contributed by atoms with E-state index in [9.17, 15) is 0 Å². The standard InChI is InChI=1S/C25H22IP/c26-22-18-16-21(17-19-22)20-27(23-10-4-1-5-11-23,24-12-6-2-7-13-24)25-14-8-3-9-15-25/h1-19,27H,20H2. The Bertz CT molecular complexity index is 884. The predicted molar refractivity (Wildman–Crippen MR) is 129 cm³/mol. The Labute approximate surface area is 175 Å². The van der Waals surface area contributed by atoms with Gasteiger partial charge in [-0.3, -0.25) is 0 Å². The molecule has 4 rings (SSSR count). The zero-order valence-electron chi connectivity index (χ0n) is 15.1. The summed E-state index contributed by atoms with van der Waals surface area (Å²) in [6, 6.07) is 42.3. The summed E-state index contributed by atoms with van der Waals surface area (Å²) in [5.41, 5.74) is 1.40. The van der Waals surface area contributed by atoms with E-state index in [4.69, 9.17) is 0 Å². The zero-order valence-corrected chi connectivity index (χ0v) is 18.2. The van der Waals surface area contributed by atoms with Gasteiger partial charge in [-0.2, -0.15) is 0 Å². The normalized spacial score (nSPS) is 11.9. The Balaban J connectivity index is 1.98. The summed E-state index contributed by atoms with van der Waals surface area (Å²) >= 11 is 2.38. The summed E-state index contributed by atoms with van der Waals surface area (Å²) in [4.78, 5) is 0. The Kier molecular flexibility index (Phi) is 5.71. The SMILES string of the molecule is Ic1ccc(C[PH](c2ccccc2)(c2ccccc2)c2ccccc2)cc1. The van der Waals surface area contributed by atoms with Crippen LogP contribution >= 0.6 is 29.9 Å². The van der Waals surface area contributed by atoms with E-state index >= 15 is 0 Å². The van der Waals surface area contributed by atoms with Gasteiger partial charge in [0.05, 0.1) is 0 Å². The van der Waals surface area contributed by atoms with Gasteiger partial charge in [-0.1, -0.05) is 0 Å². The van der Waals surface area contributed by atoms with E-state index in [2.05, 4.69) is 138 Å². The van der Waals surface area contributed by atoms with Gasteiger partial charge in [0, 0.05) is 0 Å². The second kappa shape index (κ2) is 8.37. The van der Waals surface area contributed by atoms with Gasteiger partial charge in [-0.15, -0.1) is 0 Å². The van der Waals surface area contributed by atoms with Crippen molar-refractivity contribution in [3.63, 3.8) is 0 Å². The molecule has 0 saturated carbocycles. The van der Waals surface area contributed by atoms with Crippen LogP contribution in [0.5, 0.6) is 0 Å². The minimum atomic E-state index is -2.18. The molecule has 0 N–H and O–H groups in total. The molecule has 0 heterocycles. The molecule has 0 amide bonds. The minimum absolute atomic E-state index is 1.06. The van der Waals surface area contributed by atoms with Crippen molar-refractivity contribution in [2.75, 3.05) is 0 Å². The molecule has 0 radical (unpaired) electrons. The van der Waals surface area contributed by atoms with Crippen LogP contribution in [0.15, 0.2) is 115 Å². The van der Waals surface area contributed by atoms with Crippen molar-refractivity contribution in [1.82, 2.24) is 0 Å². The Morgan fingerprint density at radius 2 is 0.852 bits per heavy atom. The molecule has 0 nitrogen and oxygen atoms in total. The van der Waals surface area contributed by atoms with Crippen LogP contribution in [0, 0.1) is 3.57 Å². The van der Waals surface area contributed by atoms with E-state index in [1.54, 1.807) is 0 Å². The second-order valence-corrected chi connectivity index (χ2v) is 11.9. The molecule has 0 aliphatic carbocycles. The maximum absolute atomic E-state index is 2.38. The first-order valence-corrected chi connectivity index (χ1v) is 12.5. The van der Waals surface area contributed by atoms with Gasteiger partial charge in [0.2, 0.25) is 0 Å². The molecule has 0 aliphatic heterocycles. The molecule has 0 bridgehead atoms. The van der Waals surface area contributed by atoms with Crippen LogP contribution in [-0.2, 0) is 6.16 Å². The van der Waals surface area contributed by atoms with Gasteiger partial charge in [0.25, 0.3) is 0 Å². The molecular formula is C25H22IP. The van der Waals surface area contributed by atoms with Crippen molar-refractivity contribution in [3.05, 3.63) is 124 Å². The third-order valence-electron chi connectivity index (χ3n) is 5.18. The van der Waals surface area contributed by atoms with Gasteiger partial charge in [0.15, 0.2) is 0 Å². The molecule has 0 atom stereocenters. The van der Waals surface area contributed by atoms with Crippen LogP contribution in [0.3, 0.4) is 0 Å². The van der Waals surface area contributed by atoms with Crippen molar-refractivity contribution in [1.29, 1.82) is 0 Å².